The van der Waals surface area contributed by atoms with Gasteiger partial charge in [0.1, 0.15) is 11.5 Å². The normalized spacial score (nSPS) is 11.8. The first-order valence-electron chi connectivity index (χ1n) is 6.70. The molecular weight excluding hydrogens is 268 g/mol. The number of carbonyl (C=O) groups excluding carboxylic acids is 2. The molecule has 2 rings (SSSR count). The fraction of sp³-hybridized carbons (Fsp3) is 0.250. The van der Waals surface area contributed by atoms with Gasteiger partial charge in [-0.3, -0.25) is 4.79 Å². The maximum Gasteiger partial charge on any atom is 0.319 e. The van der Waals surface area contributed by atoms with Gasteiger partial charge in [0.25, 0.3) is 0 Å². The summed E-state index contributed by atoms with van der Waals surface area (Å²) in [5, 5.41) is 5.50. The van der Waals surface area contributed by atoms with Crippen LogP contribution in [-0.4, -0.2) is 11.8 Å². The molecule has 0 bridgehead atoms. The van der Waals surface area contributed by atoms with E-state index in [9.17, 15) is 9.59 Å². The van der Waals surface area contributed by atoms with Crippen molar-refractivity contribution in [2.75, 3.05) is 5.32 Å². The Bertz CT molecular complexity index is 644. The molecular formula is C16H18N2O3. The Hall–Kier alpha value is -2.56. The van der Waals surface area contributed by atoms with Crippen molar-refractivity contribution in [3.63, 3.8) is 0 Å². The number of anilines is 1. The highest BCUT2D eigenvalue weighted by Crippen LogP contribution is 2.16. The van der Waals surface area contributed by atoms with Gasteiger partial charge in [-0.25, -0.2) is 4.79 Å². The van der Waals surface area contributed by atoms with Crippen LogP contribution in [-0.2, 0) is 0 Å². The van der Waals surface area contributed by atoms with Gasteiger partial charge < -0.3 is 15.1 Å². The first-order valence-corrected chi connectivity index (χ1v) is 6.70. The van der Waals surface area contributed by atoms with Crippen molar-refractivity contribution < 1.29 is 14.0 Å². The Morgan fingerprint density at radius 2 is 1.76 bits per heavy atom. The molecule has 2 aromatic rings. The molecule has 0 aliphatic carbocycles. The quantitative estimate of drug-likeness (QED) is 0.842. The summed E-state index contributed by atoms with van der Waals surface area (Å²) in [4.78, 5) is 23.1. The number of nitrogens with one attached hydrogen (secondary N) is 2. The number of amides is 2. The van der Waals surface area contributed by atoms with E-state index in [-0.39, 0.29) is 17.9 Å². The third-order valence-corrected chi connectivity index (χ3v) is 3.08. The number of Topliss-reactive ketones (excluding diaryl/α,β-unsaturated/α-hetero) is 1. The Morgan fingerprint density at radius 1 is 1.10 bits per heavy atom. The van der Waals surface area contributed by atoms with Crippen molar-refractivity contribution in [1.82, 2.24) is 5.32 Å². The highest BCUT2D eigenvalue weighted by atomic mass is 16.3. The first kappa shape index (κ1) is 14.8. The summed E-state index contributed by atoms with van der Waals surface area (Å²) in [6.45, 7) is 5.20. The van der Waals surface area contributed by atoms with E-state index in [1.165, 1.54) is 6.92 Å². The van der Waals surface area contributed by atoms with Crippen LogP contribution < -0.4 is 10.6 Å². The van der Waals surface area contributed by atoms with Gasteiger partial charge in [-0.05, 0) is 57.2 Å². The van der Waals surface area contributed by atoms with Crippen molar-refractivity contribution >= 4 is 17.5 Å². The van der Waals surface area contributed by atoms with Gasteiger partial charge >= 0.3 is 6.03 Å². The molecule has 110 valence electrons. The van der Waals surface area contributed by atoms with Crippen LogP contribution in [0.1, 0.15) is 41.8 Å². The minimum atomic E-state index is -0.327. The Kier molecular flexibility index (Phi) is 4.42. The predicted octanol–water partition coefficient (Wildman–Crippen LogP) is 3.67. The van der Waals surface area contributed by atoms with Crippen LogP contribution in [0.25, 0.3) is 0 Å². The third kappa shape index (κ3) is 3.95. The number of ketones is 1. The van der Waals surface area contributed by atoms with E-state index in [0.717, 1.165) is 5.76 Å². The number of urea groups is 1. The Balaban J connectivity index is 1.93. The number of furan rings is 1. The summed E-state index contributed by atoms with van der Waals surface area (Å²) in [5.41, 5.74) is 1.24. The largest absolute Gasteiger partial charge is 0.464 e. The highest BCUT2D eigenvalue weighted by Gasteiger charge is 2.12. The monoisotopic (exact) mass is 286 g/mol. The summed E-state index contributed by atoms with van der Waals surface area (Å²) in [6.07, 6.45) is 0. The van der Waals surface area contributed by atoms with E-state index in [0.29, 0.717) is 17.0 Å². The molecule has 1 unspecified atom stereocenters. The third-order valence-electron chi connectivity index (χ3n) is 3.08. The van der Waals surface area contributed by atoms with Crippen LogP contribution in [0.5, 0.6) is 0 Å². The zero-order valence-electron chi connectivity index (χ0n) is 12.3. The van der Waals surface area contributed by atoms with Crippen LogP contribution in [0.4, 0.5) is 10.5 Å². The second kappa shape index (κ2) is 6.26. The second-order valence-electron chi connectivity index (χ2n) is 4.90. The second-order valence-corrected chi connectivity index (χ2v) is 4.90. The molecule has 0 fully saturated rings. The van der Waals surface area contributed by atoms with Crippen LogP contribution in [0.3, 0.4) is 0 Å². The molecule has 0 saturated heterocycles. The Labute approximate surface area is 123 Å². The molecule has 0 aliphatic rings. The van der Waals surface area contributed by atoms with Gasteiger partial charge in [0, 0.05) is 11.3 Å². The van der Waals surface area contributed by atoms with E-state index >= 15 is 0 Å². The van der Waals surface area contributed by atoms with Crippen LogP contribution >= 0.6 is 0 Å². The average Bonchev–Trinajstić information content (AvgIpc) is 2.86. The molecule has 1 atom stereocenters. The molecule has 5 heteroatoms. The fourth-order valence-electron chi connectivity index (χ4n) is 1.91. The number of rotatable bonds is 4. The molecule has 2 N–H and O–H groups in total. The van der Waals surface area contributed by atoms with Crippen LogP contribution in [0.15, 0.2) is 40.8 Å². The molecule has 0 spiro atoms. The van der Waals surface area contributed by atoms with Crippen molar-refractivity contribution in [3.8, 4) is 0 Å². The number of aryl methyl sites for hydroxylation is 1. The SMILES string of the molecule is CC(=O)c1ccc(NC(=O)NC(C)c2ccc(C)o2)cc1. The molecule has 0 aliphatic heterocycles. The number of benzene rings is 1. The topological polar surface area (TPSA) is 71.3 Å². The van der Waals surface area contributed by atoms with Crippen molar-refractivity contribution in [2.24, 2.45) is 0 Å². The lowest BCUT2D eigenvalue weighted by Gasteiger charge is -2.12. The lowest BCUT2D eigenvalue weighted by atomic mass is 10.1. The summed E-state index contributed by atoms with van der Waals surface area (Å²) in [7, 11) is 0. The number of hydrogen-bond donors (Lipinski definition) is 2. The van der Waals surface area contributed by atoms with E-state index in [1.807, 2.05) is 26.0 Å². The molecule has 0 radical (unpaired) electrons. The zero-order valence-corrected chi connectivity index (χ0v) is 12.3. The lowest BCUT2D eigenvalue weighted by Crippen LogP contribution is -2.30. The van der Waals surface area contributed by atoms with E-state index in [4.69, 9.17) is 4.42 Å². The summed E-state index contributed by atoms with van der Waals surface area (Å²) < 4.78 is 5.46. The van der Waals surface area contributed by atoms with Crippen LogP contribution in [0.2, 0.25) is 0 Å². The van der Waals surface area contributed by atoms with Crippen molar-refractivity contribution in [3.05, 3.63) is 53.5 Å². The summed E-state index contributed by atoms with van der Waals surface area (Å²) in [5.74, 6) is 1.50. The van der Waals surface area contributed by atoms with E-state index in [1.54, 1.807) is 24.3 Å². The van der Waals surface area contributed by atoms with Gasteiger partial charge in [-0.15, -0.1) is 0 Å². The van der Waals surface area contributed by atoms with Crippen molar-refractivity contribution in [2.45, 2.75) is 26.8 Å². The van der Waals surface area contributed by atoms with Crippen molar-refractivity contribution in [1.29, 1.82) is 0 Å². The van der Waals surface area contributed by atoms with Gasteiger partial charge in [-0.1, -0.05) is 0 Å². The molecule has 5 nitrogen and oxygen atoms in total. The van der Waals surface area contributed by atoms with Gasteiger partial charge in [-0.2, -0.15) is 0 Å². The standard InChI is InChI=1S/C16H18N2O3/c1-10-4-9-15(21-10)11(2)17-16(20)18-14-7-5-13(6-8-14)12(3)19/h4-9,11H,1-3H3,(H2,17,18,20). The lowest BCUT2D eigenvalue weighted by molar-refractivity contribution is 0.101. The first-order chi connectivity index (χ1) is 9.95. The predicted molar refractivity (Wildman–Crippen MR) is 80.5 cm³/mol. The van der Waals surface area contributed by atoms with Gasteiger partial charge in [0.2, 0.25) is 0 Å². The number of carbonyl (C=O) groups is 2. The Morgan fingerprint density at radius 3 is 2.29 bits per heavy atom. The molecule has 1 aromatic heterocycles. The van der Waals surface area contributed by atoms with Gasteiger partial charge in [0.05, 0.1) is 6.04 Å². The summed E-state index contributed by atoms with van der Waals surface area (Å²) >= 11 is 0. The summed E-state index contributed by atoms with van der Waals surface area (Å²) in [6, 6.07) is 9.88. The minimum absolute atomic E-state index is 0.00665. The maximum absolute atomic E-state index is 11.9. The van der Waals surface area contributed by atoms with Gasteiger partial charge in [0.15, 0.2) is 5.78 Å². The molecule has 2 amide bonds. The van der Waals surface area contributed by atoms with E-state index in [2.05, 4.69) is 10.6 Å². The maximum atomic E-state index is 11.9. The molecule has 1 aromatic carbocycles. The molecule has 0 saturated carbocycles. The van der Waals surface area contributed by atoms with Crippen LogP contribution in [0, 0.1) is 6.92 Å². The van der Waals surface area contributed by atoms with E-state index < -0.39 is 0 Å². The zero-order chi connectivity index (χ0) is 15.4. The average molecular weight is 286 g/mol. The highest BCUT2D eigenvalue weighted by molar-refractivity contribution is 5.95. The minimum Gasteiger partial charge on any atom is -0.464 e. The number of hydrogen-bond acceptors (Lipinski definition) is 3. The smallest absolute Gasteiger partial charge is 0.319 e. The molecule has 21 heavy (non-hydrogen) atoms. The fourth-order valence-corrected chi connectivity index (χ4v) is 1.91. The molecule has 1 heterocycles.